The summed E-state index contributed by atoms with van der Waals surface area (Å²) in [7, 11) is -3.70. The minimum Gasteiger partial charge on any atom is -0.322 e. The van der Waals surface area contributed by atoms with E-state index < -0.39 is 10.0 Å². The third-order valence-corrected chi connectivity index (χ3v) is 6.67. The second-order valence-electron chi connectivity index (χ2n) is 7.49. The van der Waals surface area contributed by atoms with Gasteiger partial charge < -0.3 is 5.32 Å². The predicted molar refractivity (Wildman–Crippen MR) is 130 cm³/mol. The number of hydrogen-bond donors (Lipinski definition) is 2. The van der Waals surface area contributed by atoms with Crippen LogP contribution in [0.5, 0.6) is 0 Å². The average molecular weight is 481 g/mol. The van der Waals surface area contributed by atoms with Crippen LogP contribution >= 0.6 is 11.6 Å². The Hall–Kier alpha value is -3.62. The van der Waals surface area contributed by atoms with E-state index in [9.17, 15) is 13.2 Å². The van der Waals surface area contributed by atoms with E-state index in [0.29, 0.717) is 27.7 Å². The van der Waals surface area contributed by atoms with Crippen LogP contribution in [0.4, 0.5) is 11.4 Å². The second kappa shape index (κ2) is 9.09. The van der Waals surface area contributed by atoms with Gasteiger partial charge in [-0.15, -0.1) is 0 Å². The zero-order chi connectivity index (χ0) is 23.6. The van der Waals surface area contributed by atoms with E-state index in [0.717, 1.165) is 11.3 Å². The number of benzene rings is 3. The molecule has 0 radical (unpaired) electrons. The van der Waals surface area contributed by atoms with Crippen molar-refractivity contribution < 1.29 is 13.2 Å². The molecule has 4 rings (SSSR count). The van der Waals surface area contributed by atoms with Gasteiger partial charge in [0.1, 0.15) is 0 Å². The number of anilines is 2. The van der Waals surface area contributed by atoms with Crippen molar-refractivity contribution in [2.75, 3.05) is 10.0 Å². The molecule has 0 aliphatic rings. The Morgan fingerprint density at radius 2 is 1.61 bits per heavy atom. The highest BCUT2D eigenvalue weighted by molar-refractivity contribution is 7.92. The highest BCUT2D eigenvalue weighted by atomic mass is 35.5. The van der Waals surface area contributed by atoms with E-state index in [1.807, 2.05) is 19.1 Å². The maximum Gasteiger partial charge on any atom is 0.261 e. The van der Waals surface area contributed by atoms with Gasteiger partial charge in [-0.2, -0.15) is 5.10 Å². The molecule has 1 aromatic heterocycles. The lowest BCUT2D eigenvalue weighted by atomic mass is 10.2. The number of amides is 1. The van der Waals surface area contributed by atoms with Gasteiger partial charge in [0.05, 0.1) is 28.0 Å². The summed E-state index contributed by atoms with van der Waals surface area (Å²) in [6.45, 7) is 3.69. The van der Waals surface area contributed by atoms with Gasteiger partial charge in [-0.25, -0.2) is 13.1 Å². The highest BCUT2D eigenvalue weighted by Crippen LogP contribution is 2.21. The molecule has 1 heterocycles. The number of carbonyl (C=O) groups excluding carboxylic acids is 1. The molecule has 168 valence electrons. The van der Waals surface area contributed by atoms with Crippen molar-refractivity contribution >= 4 is 38.9 Å². The first-order chi connectivity index (χ1) is 15.7. The Morgan fingerprint density at radius 1 is 0.939 bits per heavy atom. The Morgan fingerprint density at radius 3 is 2.27 bits per heavy atom. The minimum atomic E-state index is -3.70. The minimum absolute atomic E-state index is 0.178. The van der Waals surface area contributed by atoms with Crippen LogP contribution in [0.25, 0.3) is 5.69 Å². The molecule has 9 heteroatoms. The molecule has 7 nitrogen and oxygen atoms in total. The first kappa shape index (κ1) is 22.6. The summed E-state index contributed by atoms with van der Waals surface area (Å²) in [4.78, 5) is 12.9. The Bertz CT molecular complexity index is 1410. The largest absolute Gasteiger partial charge is 0.322 e. The van der Waals surface area contributed by atoms with Crippen LogP contribution in [0.15, 0.2) is 83.9 Å². The van der Waals surface area contributed by atoms with Gasteiger partial charge in [-0.3, -0.25) is 9.52 Å². The molecule has 33 heavy (non-hydrogen) atoms. The normalized spacial score (nSPS) is 11.2. The quantitative estimate of drug-likeness (QED) is 0.397. The molecule has 0 aliphatic carbocycles. The van der Waals surface area contributed by atoms with Crippen molar-refractivity contribution in [2.24, 2.45) is 0 Å². The molecule has 0 unspecified atom stereocenters. The Kier molecular flexibility index (Phi) is 6.22. The third-order valence-electron chi connectivity index (χ3n) is 5.03. The van der Waals surface area contributed by atoms with Gasteiger partial charge in [-0.05, 0) is 68.4 Å². The van der Waals surface area contributed by atoms with Gasteiger partial charge in [0.25, 0.3) is 15.9 Å². The van der Waals surface area contributed by atoms with Crippen LogP contribution in [0.1, 0.15) is 21.6 Å². The summed E-state index contributed by atoms with van der Waals surface area (Å²) in [6, 6.07) is 20.2. The number of nitrogens with one attached hydrogen (secondary N) is 2. The summed E-state index contributed by atoms with van der Waals surface area (Å²) in [5.41, 5.74) is 3.72. The fourth-order valence-corrected chi connectivity index (χ4v) is 4.50. The lowest BCUT2D eigenvalue weighted by Gasteiger charge is -2.10. The molecule has 2 N–H and O–H groups in total. The fraction of sp³-hybridized carbons (Fsp3) is 0.0833. The summed E-state index contributed by atoms with van der Waals surface area (Å²) >= 11 is 6.05. The molecule has 0 spiro atoms. The van der Waals surface area contributed by atoms with E-state index in [4.69, 9.17) is 11.6 Å². The molecule has 0 saturated heterocycles. The van der Waals surface area contributed by atoms with E-state index in [1.165, 1.54) is 6.20 Å². The number of rotatable bonds is 6. The van der Waals surface area contributed by atoms with Gasteiger partial charge in [0.2, 0.25) is 0 Å². The second-order valence-corrected chi connectivity index (χ2v) is 9.60. The molecule has 0 bridgehead atoms. The standard InChI is InChI=1S/C24H21ClN4O3S/c1-16-6-12-22(13-7-16)33(31,32)28-20-10-8-19(9-11-20)27-24(30)23-15-26-29(17(23)2)21-5-3-4-18(25)14-21/h3-15,28H,1-2H3,(H,27,30). The van der Waals surface area contributed by atoms with Crippen LogP contribution in [0, 0.1) is 13.8 Å². The zero-order valence-corrected chi connectivity index (χ0v) is 19.5. The zero-order valence-electron chi connectivity index (χ0n) is 17.9. The first-order valence-electron chi connectivity index (χ1n) is 10.0. The monoisotopic (exact) mass is 480 g/mol. The number of halogens is 1. The number of sulfonamides is 1. The lowest BCUT2D eigenvalue weighted by molar-refractivity contribution is 0.102. The SMILES string of the molecule is Cc1ccc(S(=O)(=O)Nc2ccc(NC(=O)c3cnn(-c4cccc(Cl)c4)c3C)cc2)cc1. The smallest absolute Gasteiger partial charge is 0.261 e. The van der Waals surface area contributed by atoms with Crippen LogP contribution in [0.2, 0.25) is 5.02 Å². The molecular formula is C24H21ClN4O3S. The molecule has 0 atom stereocenters. The van der Waals surface area contributed by atoms with Crippen molar-refractivity contribution in [3.05, 3.63) is 101 Å². The summed E-state index contributed by atoms with van der Waals surface area (Å²) in [5.74, 6) is -0.325. The van der Waals surface area contributed by atoms with Gasteiger partial charge >= 0.3 is 0 Å². The number of carbonyl (C=O) groups is 1. The van der Waals surface area contributed by atoms with Gasteiger partial charge in [0, 0.05) is 16.4 Å². The Balaban J connectivity index is 1.46. The van der Waals surface area contributed by atoms with Crippen LogP contribution in [0.3, 0.4) is 0 Å². The van der Waals surface area contributed by atoms with Crippen molar-refractivity contribution in [1.29, 1.82) is 0 Å². The summed E-state index contributed by atoms with van der Waals surface area (Å²) in [5, 5.41) is 7.68. The first-order valence-corrected chi connectivity index (χ1v) is 11.9. The van der Waals surface area contributed by atoms with E-state index in [1.54, 1.807) is 72.3 Å². The predicted octanol–water partition coefficient (Wildman–Crippen LogP) is 5.20. The summed E-state index contributed by atoms with van der Waals surface area (Å²) < 4.78 is 29.3. The topological polar surface area (TPSA) is 93.1 Å². The molecule has 0 saturated carbocycles. The van der Waals surface area contributed by atoms with Crippen molar-refractivity contribution in [2.45, 2.75) is 18.7 Å². The fourth-order valence-electron chi connectivity index (χ4n) is 3.25. The molecule has 0 aliphatic heterocycles. The number of hydrogen-bond acceptors (Lipinski definition) is 4. The van der Waals surface area contributed by atoms with Gasteiger partial charge in [0.15, 0.2) is 0 Å². The summed E-state index contributed by atoms with van der Waals surface area (Å²) in [6.07, 6.45) is 1.50. The van der Waals surface area contributed by atoms with E-state index in [-0.39, 0.29) is 10.8 Å². The van der Waals surface area contributed by atoms with E-state index >= 15 is 0 Å². The molecule has 1 amide bonds. The molecule has 3 aromatic carbocycles. The van der Waals surface area contributed by atoms with Crippen LogP contribution < -0.4 is 10.0 Å². The van der Waals surface area contributed by atoms with Crippen molar-refractivity contribution in [3.8, 4) is 5.69 Å². The maximum absolute atomic E-state index is 12.8. The van der Waals surface area contributed by atoms with E-state index in [2.05, 4.69) is 15.1 Å². The lowest BCUT2D eigenvalue weighted by Crippen LogP contribution is -2.14. The van der Waals surface area contributed by atoms with Crippen molar-refractivity contribution in [1.82, 2.24) is 9.78 Å². The molecule has 4 aromatic rings. The van der Waals surface area contributed by atoms with Crippen LogP contribution in [-0.2, 0) is 10.0 Å². The van der Waals surface area contributed by atoms with Crippen molar-refractivity contribution in [3.63, 3.8) is 0 Å². The average Bonchev–Trinajstić information content (AvgIpc) is 3.17. The number of aryl methyl sites for hydroxylation is 1. The van der Waals surface area contributed by atoms with Crippen LogP contribution in [-0.4, -0.2) is 24.1 Å². The molecule has 0 fully saturated rings. The number of nitrogens with zero attached hydrogens (tertiary/aromatic N) is 2. The maximum atomic E-state index is 12.8. The number of aromatic nitrogens is 2. The highest BCUT2D eigenvalue weighted by Gasteiger charge is 2.17. The third kappa shape index (κ3) is 5.08. The molecular weight excluding hydrogens is 460 g/mol. The Labute approximate surface area is 197 Å². The van der Waals surface area contributed by atoms with Gasteiger partial charge in [-0.1, -0.05) is 35.4 Å².